The number of carboxylic acid groups (broad SMARTS) is 1. The third-order valence-electron chi connectivity index (χ3n) is 5.01. The molecule has 0 aliphatic carbocycles. The first-order valence-corrected chi connectivity index (χ1v) is 10.7. The third kappa shape index (κ3) is 9.16. The van der Waals surface area contributed by atoms with Crippen molar-refractivity contribution in [2.75, 3.05) is 0 Å². The average Bonchev–Trinajstić information content (AvgIpc) is 2.75. The Morgan fingerprint density at radius 3 is 1.88 bits per heavy atom. The summed E-state index contributed by atoms with van der Waals surface area (Å²) in [6, 6.07) is 3.39. The summed E-state index contributed by atoms with van der Waals surface area (Å²) in [5, 5.41) is 26.0. The topological polar surface area (TPSA) is 214 Å². The van der Waals surface area contributed by atoms with Crippen molar-refractivity contribution in [1.82, 2.24) is 16.0 Å². The summed E-state index contributed by atoms with van der Waals surface area (Å²) in [5.41, 5.74) is 11.4. The van der Waals surface area contributed by atoms with E-state index in [0.717, 1.165) is 0 Å². The van der Waals surface area contributed by atoms with Gasteiger partial charge in [0, 0.05) is 6.42 Å². The molecule has 1 aromatic rings. The Hall–Kier alpha value is -3.51. The molecule has 0 saturated heterocycles. The molecule has 0 saturated carbocycles. The summed E-state index contributed by atoms with van der Waals surface area (Å²) in [4.78, 5) is 61.1. The van der Waals surface area contributed by atoms with Gasteiger partial charge in [0.1, 0.15) is 24.2 Å². The monoisotopic (exact) mass is 479 g/mol. The second-order valence-electron chi connectivity index (χ2n) is 8.32. The number of hydrogen-bond acceptors (Lipinski definition) is 7. The molecular formula is C22H33N5O7. The summed E-state index contributed by atoms with van der Waals surface area (Å²) in [5.74, 6) is -5.13. The highest BCUT2D eigenvalue weighted by molar-refractivity contribution is 5.96. The lowest BCUT2D eigenvalue weighted by atomic mass is 10.0. The molecule has 0 radical (unpaired) electrons. The van der Waals surface area contributed by atoms with Crippen molar-refractivity contribution in [1.29, 1.82) is 0 Å². The van der Waals surface area contributed by atoms with Gasteiger partial charge in [-0.15, -0.1) is 0 Å². The standard InChI is InChI=1S/C22H33N5O7/c1-11(2)18(22(33)34)27-20(31)14(9-13-7-5-4-6-8-13)25-19(30)15(10-16(23)29)26-21(32)17(24)12(3)28/h4-8,11-12,14-15,17-18,28H,9-10,24H2,1-3H3,(H2,23,29)(H,25,30)(H,26,32)(H,27,31)(H,33,34). The zero-order chi connectivity index (χ0) is 26.0. The van der Waals surface area contributed by atoms with Gasteiger partial charge in [-0.05, 0) is 18.4 Å². The number of amides is 4. The van der Waals surface area contributed by atoms with Crippen molar-refractivity contribution >= 4 is 29.6 Å². The Morgan fingerprint density at radius 2 is 1.41 bits per heavy atom. The Balaban J connectivity index is 3.14. The van der Waals surface area contributed by atoms with Crippen LogP contribution >= 0.6 is 0 Å². The molecule has 9 N–H and O–H groups in total. The molecule has 4 amide bonds. The fourth-order valence-corrected chi connectivity index (χ4v) is 3.00. The SMILES string of the molecule is CC(C)C(NC(=O)C(Cc1ccccc1)NC(=O)C(CC(N)=O)NC(=O)C(N)C(C)O)C(=O)O. The fraction of sp³-hybridized carbons (Fsp3) is 0.500. The summed E-state index contributed by atoms with van der Waals surface area (Å²) in [6.45, 7) is 4.52. The molecule has 0 bridgehead atoms. The molecule has 1 rings (SSSR count). The number of carbonyl (C=O) groups excluding carboxylic acids is 4. The lowest BCUT2D eigenvalue weighted by Crippen LogP contribution is -2.59. The average molecular weight is 480 g/mol. The predicted octanol–water partition coefficient (Wildman–Crippen LogP) is -1.99. The molecule has 12 nitrogen and oxygen atoms in total. The molecule has 5 atom stereocenters. The van der Waals surface area contributed by atoms with Crippen LogP contribution in [0.2, 0.25) is 0 Å². The van der Waals surface area contributed by atoms with Crippen molar-refractivity contribution in [3.05, 3.63) is 35.9 Å². The van der Waals surface area contributed by atoms with E-state index in [-0.39, 0.29) is 6.42 Å². The molecule has 1 aromatic carbocycles. The smallest absolute Gasteiger partial charge is 0.326 e. The maximum Gasteiger partial charge on any atom is 0.326 e. The van der Waals surface area contributed by atoms with Gasteiger partial charge < -0.3 is 37.6 Å². The minimum absolute atomic E-state index is 0.00722. The number of aliphatic carboxylic acids is 1. The Labute approximate surface area is 197 Å². The highest BCUT2D eigenvalue weighted by Gasteiger charge is 2.32. The number of carboxylic acids is 1. The van der Waals surface area contributed by atoms with E-state index in [2.05, 4.69) is 16.0 Å². The second kappa shape index (κ2) is 13.3. The van der Waals surface area contributed by atoms with Crippen molar-refractivity contribution in [2.45, 2.75) is 63.9 Å². The van der Waals surface area contributed by atoms with Gasteiger partial charge in [0.25, 0.3) is 0 Å². The summed E-state index contributed by atoms with van der Waals surface area (Å²) in [7, 11) is 0. The molecule has 188 valence electrons. The second-order valence-corrected chi connectivity index (χ2v) is 8.32. The first-order chi connectivity index (χ1) is 15.8. The zero-order valence-corrected chi connectivity index (χ0v) is 19.4. The van der Waals surface area contributed by atoms with E-state index in [4.69, 9.17) is 11.5 Å². The molecule has 0 aromatic heterocycles. The number of benzene rings is 1. The van der Waals surface area contributed by atoms with E-state index in [1.165, 1.54) is 6.92 Å². The van der Waals surface area contributed by atoms with Crippen LogP contribution in [0.5, 0.6) is 0 Å². The number of aliphatic hydroxyl groups is 1. The number of primary amides is 1. The molecule has 0 aliphatic rings. The van der Waals surface area contributed by atoms with Crippen LogP contribution in [0.4, 0.5) is 0 Å². The fourth-order valence-electron chi connectivity index (χ4n) is 3.00. The molecule has 0 heterocycles. The number of nitrogens with one attached hydrogen (secondary N) is 3. The molecule has 12 heteroatoms. The predicted molar refractivity (Wildman–Crippen MR) is 122 cm³/mol. The number of aliphatic hydroxyl groups excluding tert-OH is 1. The van der Waals surface area contributed by atoms with Crippen molar-refractivity contribution in [2.24, 2.45) is 17.4 Å². The molecule has 5 unspecified atom stereocenters. The Bertz CT molecular complexity index is 876. The van der Waals surface area contributed by atoms with Gasteiger partial charge in [-0.2, -0.15) is 0 Å². The van der Waals surface area contributed by atoms with Gasteiger partial charge in [-0.25, -0.2) is 4.79 Å². The van der Waals surface area contributed by atoms with Gasteiger partial charge in [-0.3, -0.25) is 19.2 Å². The van der Waals surface area contributed by atoms with Crippen molar-refractivity contribution < 1.29 is 34.2 Å². The van der Waals surface area contributed by atoms with Crippen molar-refractivity contribution in [3.63, 3.8) is 0 Å². The van der Waals surface area contributed by atoms with Gasteiger partial charge in [0.15, 0.2) is 0 Å². The van der Waals surface area contributed by atoms with Gasteiger partial charge >= 0.3 is 5.97 Å². The minimum Gasteiger partial charge on any atom is -0.480 e. The van der Waals surface area contributed by atoms with Crippen LogP contribution in [0.15, 0.2) is 30.3 Å². The Morgan fingerprint density at radius 1 is 0.882 bits per heavy atom. The van der Waals surface area contributed by atoms with E-state index >= 15 is 0 Å². The zero-order valence-electron chi connectivity index (χ0n) is 19.4. The molecule has 34 heavy (non-hydrogen) atoms. The van der Waals surface area contributed by atoms with E-state index in [1.807, 2.05) is 0 Å². The normalized spacial score (nSPS) is 15.4. The van der Waals surface area contributed by atoms with Crippen LogP contribution in [0.3, 0.4) is 0 Å². The maximum atomic E-state index is 12.9. The summed E-state index contributed by atoms with van der Waals surface area (Å²) in [6.07, 6.45) is -1.81. The van der Waals surface area contributed by atoms with E-state index in [9.17, 15) is 34.2 Å². The van der Waals surface area contributed by atoms with Gasteiger partial charge in [0.2, 0.25) is 23.6 Å². The van der Waals surface area contributed by atoms with Crippen LogP contribution in [-0.2, 0) is 30.4 Å². The lowest BCUT2D eigenvalue weighted by molar-refractivity contribution is -0.143. The largest absolute Gasteiger partial charge is 0.480 e. The third-order valence-corrected chi connectivity index (χ3v) is 5.01. The maximum absolute atomic E-state index is 12.9. The summed E-state index contributed by atoms with van der Waals surface area (Å²) >= 11 is 0. The molecular weight excluding hydrogens is 446 g/mol. The molecule has 0 spiro atoms. The van der Waals surface area contributed by atoms with E-state index in [1.54, 1.807) is 44.2 Å². The Kier molecular flexibility index (Phi) is 11.1. The number of rotatable bonds is 13. The van der Waals surface area contributed by atoms with Crippen LogP contribution in [0.1, 0.15) is 32.8 Å². The van der Waals surface area contributed by atoms with Crippen molar-refractivity contribution in [3.8, 4) is 0 Å². The van der Waals surface area contributed by atoms with Crippen LogP contribution in [0.25, 0.3) is 0 Å². The quantitative estimate of drug-likeness (QED) is 0.168. The first-order valence-electron chi connectivity index (χ1n) is 10.7. The number of carbonyl (C=O) groups is 5. The highest BCUT2D eigenvalue weighted by Crippen LogP contribution is 2.08. The first kappa shape index (κ1) is 28.5. The number of hydrogen-bond donors (Lipinski definition) is 7. The van der Waals surface area contributed by atoms with Crippen LogP contribution < -0.4 is 27.4 Å². The number of nitrogens with two attached hydrogens (primary N) is 2. The summed E-state index contributed by atoms with van der Waals surface area (Å²) < 4.78 is 0. The molecule has 0 fully saturated rings. The highest BCUT2D eigenvalue weighted by atomic mass is 16.4. The van der Waals surface area contributed by atoms with Gasteiger partial charge in [-0.1, -0.05) is 44.2 Å². The van der Waals surface area contributed by atoms with E-state index < -0.39 is 72.2 Å². The van der Waals surface area contributed by atoms with Crippen LogP contribution in [-0.4, -0.2) is 70.1 Å². The lowest BCUT2D eigenvalue weighted by Gasteiger charge is -2.26. The van der Waals surface area contributed by atoms with Crippen LogP contribution in [0, 0.1) is 5.92 Å². The van der Waals surface area contributed by atoms with Gasteiger partial charge in [0.05, 0.1) is 12.5 Å². The van der Waals surface area contributed by atoms with E-state index in [0.29, 0.717) is 5.56 Å². The molecule has 0 aliphatic heterocycles. The minimum atomic E-state index is -1.47.